The number of pyridine rings is 1. The number of halogens is 1. The third-order valence-corrected chi connectivity index (χ3v) is 6.60. The van der Waals surface area contributed by atoms with E-state index in [2.05, 4.69) is 46.4 Å². The van der Waals surface area contributed by atoms with E-state index in [9.17, 15) is 4.79 Å². The number of rotatable bonds is 11. The Bertz CT molecular complexity index is 1290. The van der Waals surface area contributed by atoms with Crippen molar-refractivity contribution in [1.82, 2.24) is 34.7 Å². The molecule has 0 aliphatic rings. The van der Waals surface area contributed by atoms with Gasteiger partial charge in [0.05, 0.1) is 17.9 Å². The Morgan fingerprint density at radius 2 is 1.86 bits per heavy atom. The van der Waals surface area contributed by atoms with Crippen LogP contribution in [-0.4, -0.2) is 34.7 Å². The van der Waals surface area contributed by atoms with Gasteiger partial charge in [0.2, 0.25) is 5.82 Å². The summed E-state index contributed by atoms with van der Waals surface area (Å²) in [6.07, 6.45) is 6.74. The number of H-pyrrole nitrogens is 1. The van der Waals surface area contributed by atoms with Gasteiger partial charge in [0, 0.05) is 23.9 Å². The van der Waals surface area contributed by atoms with Gasteiger partial charge in [-0.1, -0.05) is 75.5 Å². The fourth-order valence-electron chi connectivity index (χ4n) is 4.18. The SMILES string of the molecule is CCCCCc1c(Cl)n(CCC(C)C)c(=O)n1Cc1ccc(-c2ccccc2-c2nn[nH]n2)cn1. The highest BCUT2D eigenvalue weighted by Crippen LogP contribution is 2.29. The second kappa shape index (κ2) is 11.4. The van der Waals surface area contributed by atoms with Crippen LogP contribution in [0, 0.1) is 5.92 Å². The topological polar surface area (TPSA) is 94.3 Å². The first-order valence-electron chi connectivity index (χ1n) is 12.3. The molecule has 3 aromatic heterocycles. The summed E-state index contributed by atoms with van der Waals surface area (Å²) >= 11 is 6.74. The van der Waals surface area contributed by atoms with Crippen molar-refractivity contribution in [2.45, 2.75) is 66.0 Å². The van der Waals surface area contributed by atoms with E-state index in [4.69, 9.17) is 11.6 Å². The van der Waals surface area contributed by atoms with Crippen molar-refractivity contribution in [3.8, 4) is 22.5 Å². The van der Waals surface area contributed by atoms with Crippen LogP contribution in [0.1, 0.15) is 57.8 Å². The van der Waals surface area contributed by atoms with Crippen LogP contribution in [0.4, 0.5) is 0 Å². The van der Waals surface area contributed by atoms with E-state index in [0.717, 1.165) is 60.2 Å². The number of hydrogen-bond acceptors (Lipinski definition) is 5. The van der Waals surface area contributed by atoms with Crippen LogP contribution in [0.2, 0.25) is 5.15 Å². The summed E-state index contributed by atoms with van der Waals surface area (Å²) < 4.78 is 3.52. The maximum absolute atomic E-state index is 13.3. The molecule has 8 nitrogen and oxygen atoms in total. The van der Waals surface area contributed by atoms with Crippen LogP contribution < -0.4 is 5.69 Å². The molecular weight excluding hydrogens is 462 g/mol. The van der Waals surface area contributed by atoms with Gasteiger partial charge in [0.1, 0.15) is 5.15 Å². The molecule has 0 amide bonds. The van der Waals surface area contributed by atoms with Crippen LogP contribution in [0.3, 0.4) is 0 Å². The second-order valence-electron chi connectivity index (χ2n) is 9.22. The number of tetrazole rings is 1. The zero-order valence-electron chi connectivity index (χ0n) is 20.5. The number of imidazole rings is 1. The number of nitrogens with zero attached hydrogens (tertiary/aromatic N) is 6. The lowest BCUT2D eigenvalue weighted by Crippen LogP contribution is -2.26. The van der Waals surface area contributed by atoms with Gasteiger partial charge in [-0.3, -0.25) is 14.1 Å². The van der Waals surface area contributed by atoms with Crippen molar-refractivity contribution in [2.75, 3.05) is 0 Å². The van der Waals surface area contributed by atoms with Gasteiger partial charge in [0.25, 0.3) is 0 Å². The molecule has 1 N–H and O–H groups in total. The molecule has 1 aromatic carbocycles. The van der Waals surface area contributed by atoms with Gasteiger partial charge in [-0.25, -0.2) is 4.79 Å². The van der Waals surface area contributed by atoms with Crippen molar-refractivity contribution in [3.63, 3.8) is 0 Å². The van der Waals surface area contributed by atoms with Crippen LogP contribution >= 0.6 is 11.6 Å². The van der Waals surface area contributed by atoms with E-state index < -0.39 is 0 Å². The van der Waals surface area contributed by atoms with Crippen LogP contribution in [0.15, 0.2) is 47.4 Å². The smallest absolute Gasteiger partial charge is 0.289 e. The van der Waals surface area contributed by atoms with E-state index in [0.29, 0.717) is 30.0 Å². The zero-order valence-corrected chi connectivity index (χ0v) is 21.3. The first-order valence-corrected chi connectivity index (χ1v) is 12.6. The summed E-state index contributed by atoms with van der Waals surface area (Å²) in [5, 5.41) is 15.0. The normalized spacial score (nSPS) is 11.5. The maximum Gasteiger partial charge on any atom is 0.329 e. The quantitative estimate of drug-likeness (QED) is 0.283. The molecule has 0 bridgehead atoms. The molecule has 0 saturated carbocycles. The Morgan fingerprint density at radius 1 is 1.06 bits per heavy atom. The highest BCUT2D eigenvalue weighted by Gasteiger charge is 2.19. The zero-order chi connectivity index (χ0) is 24.8. The van der Waals surface area contributed by atoms with E-state index >= 15 is 0 Å². The molecule has 3 heterocycles. The average molecular weight is 494 g/mol. The van der Waals surface area contributed by atoms with Crippen molar-refractivity contribution in [1.29, 1.82) is 0 Å². The molecule has 0 fully saturated rings. The molecule has 0 aliphatic heterocycles. The van der Waals surface area contributed by atoms with Gasteiger partial charge in [-0.2, -0.15) is 5.21 Å². The van der Waals surface area contributed by atoms with Gasteiger partial charge >= 0.3 is 5.69 Å². The molecule has 0 radical (unpaired) electrons. The molecular formula is C26H32ClN7O. The summed E-state index contributed by atoms with van der Waals surface area (Å²) in [7, 11) is 0. The molecule has 0 saturated heterocycles. The van der Waals surface area contributed by atoms with E-state index in [-0.39, 0.29) is 5.69 Å². The van der Waals surface area contributed by atoms with Crippen LogP contribution in [0.5, 0.6) is 0 Å². The minimum absolute atomic E-state index is 0.0597. The van der Waals surface area contributed by atoms with Crippen molar-refractivity contribution >= 4 is 11.6 Å². The maximum atomic E-state index is 13.3. The molecule has 0 unspecified atom stereocenters. The summed E-state index contributed by atoms with van der Waals surface area (Å²) in [6, 6.07) is 11.9. The highest BCUT2D eigenvalue weighted by atomic mass is 35.5. The predicted octanol–water partition coefficient (Wildman–Crippen LogP) is 5.37. The van der Waals surface area contributed by atoms with E-state index in [1.54, 1.807) is 9.13 Å². The molecule has 4 aromatic rings. The largest absolute Gasteiger partial charge is 0.329 e. The lowest BCUT2D eigenvalue weighted by atomic mass is 10.0. The minimum Gasteiger partial charge on any atom is -0.289 e. The van der Waals surface area contributed by atoms with E-state index in [1.165, 1.54) is 0 Å². The van der Waals surface area contributed by atoms with Crippen LogP contribution in [0.25, 0.3) is 22.5 Å². The fraction of sp³-hybridized carbons (Fsp3) is 0.423. The second-order valence-corrected chi connectivity index (χ2v) is 9.57. The number of benzene rings is 1. The van der Waals surface area contributed by atoms with Gasteiger partial charge in [-0.15, -0.1) is 10.2 Å². The van der Waals surface area contributed by atoms with Gasteiger partial charge in [0.15, 0.2) is 0 Å². The standard InChI is InChI=1S/C26H32ClN7O/c1-4-5-6-11-23-24(27)33(15-14-18(2)3)26(35)34(23)17-20-13-12-19(16-28-20)21-9-7-8-10-22(21)25-29-31-32-30-25/h7-10,12-13,16,18H,4-6,11,14-15,17H2,1-3H3,(H,29,30,31,32). The molecule has 0 aliphatic carbocycles. The number of unbranched alkanes of at least 4 members (excludes halogenated alkanes) is 2. The summed E-state index contributed by atoms with van der Waals surface area (Å²) in [5.74, 6) is 1.03. The predicted molar refractivity (Wildman–Crippen MR) is 138 cm³/mol. The molecule has 184 valence electrons. The fourth-order valence-corrected chi connectivity index (χ4v) is 4.54. The Hall–Kier alpha value is -3.26. The van der Waals surface area contributed by atoms with Crippen molar-refractivity contribution < 1.29 is 0 Å². The Balaban J connectivity index is 1.62. The van der Waals surface area contributed by atoms with Crippen molar-refractivity contribution in [3.05, 3.63) is 69.6 Å². The van der Waals surface area contributed by atoms with Crippen molar-refractivity contribution in [2.24, 2.45) is 5.92 Å². The number of hydrogen-bond donors (Lipinski definition) is 1. The average Bonchev–Trinajstić information content (AvgIpc) is 3.47. The Kier molecular flexibility index (Phi) is 8.13. The first-order chi connectivity index (χ1) is 17.0. The third kappa shape index (κ3) is 5.70. The number of nitrogens with one attached hydrogen (secondary N) is 1. The molecule has 0 spiro atoms. The van der Waals surface area contributed by atoms with Crippen LogP contribution in [-0.2, 0) is 19.5 Å². The lowest BCUT2D eigenvalue weighted by Gasteiger charge is -2.09. The summed E-state index contributed by atoms with van der Waals surface area (Å²) in [5.41, 5.74) is 4.43. The number of aromatic nitrogens is 7. The molecule has 0 atom stereocenters. The Labute approximate surface area is 210 Å². The van der Waals surface area contributed by atoms with Gasteiger partial charge < -0.3 is 0 Å². The summed E-state index contributed by atoms with van der Waals surface area (Å²) in [6.45, 7) is 7.50. The minimum atomic E-state index is -0.0597. The molecule has 9 heteroatoms. The summed E-state index contributed by atoms with van der Waals surface area (Å²) in [4.78, 5) is 18.0. The monoisotopic (exact) mass is 493 g/mol. The number of aromatic amines is 1. The first kappa shape index (κ1) is 24.9. The van der Waals surface area contributed by atoms with E-state index in [1.807, 2.05) is 42.6 Å². The highest BCUT2D eigenvalue weighted by molar-refractivity contribution is 6.30. The van der Waals surface area contributed by atoms with Gasteiger partial charge in [-0.05, 0) is 42.0 Å². The third-order valence-electron chi connectivity index (χ3n) is 6.18. The molecule has 35 heavy (non-hydrogen) atoms. The lowest BCUT2D eigenvalue weighted by molar-refractivity contribution is 0.502. The molecule has 4 rings (SSSR count). The Morgan fingerprint density at radius 3 is 2.51 bits per heavy atom.